The lowest BCUT2D eigenvalue weighted by Crippen LogP contribution is -1.97. The number of benzene rings is 1. The van der Waals surface area contributed by atoms with Crippen molar-refractivity contribution in [1.29, 1.82) is 0 Å². The third-order valence-corrected chi connectivity index (χ3v) is 3.02. The van der Waals surface area contributed by atoms with Gasteiger partial charge in [0.05, 0.1) is 5.69 Å². The Labute approximate surface area is 91.7 Å². The second-order valence-corrected chi connectivity index (χ2v) is 3.99. The van der Waals surface area contributed by atoms with E-state index >= 15 is 0 Å². The van der Waals surface area contributed by atoms with Crippen LogP contribution in [0.15, 0.2) is 35.3 Å². The van der Waals surface area contributed by atoms with Crippen LogP contribution < -0.4 is 0 Å². The minimum absolute atomic E-state index is 0.839. The largest absolute Gasteiger partial charge is 0.294 e. The average Bonchev–Trinajstić information content (AvgIpc) is 2.57. The fourth-order valence-electron chi connectivity index (χ4n) is 1.46. The van der Waals surface area contributed by atoms with Crippen LogP contribution in [0, 0.1) is 13.8 Å². The highest BCUT2D eigenvalue weighted by atomic mass is 79.9. The lowest BCUT2D eigenvalue weighted by molar-refractivity contribution is 0.995. The summed E-state index contributed by atoms with van der Waals surface area (Å²) in [7, 11) is 0. The molecule has 0 spiro atoms. The van der Waals surface area contributed by atoms with Crippen molar-refractivity contribution in [2.24, 2.45) is 0 Å². The van der Waals surface area contributed by atoms with Gasteiger partial charge in [-0.25, -0.2) is 4.98 Å². The molecule has 0 atom stereocenters. The van der Waals surface area contributed by atoms with Crippen molar-refractivity contribution >= 4 is 15.9 Å². The van der Waals surface area contributed by atoms with Crippen molar-refractivity contribution in [1.82, 2.24) is 9.55 Å². The van der Waals surface area contributed by atoms with E-state index in [2.05, 4.69) is 53.0 Å². The van der Waals surface area contributed by atoms with E-state index in [4.69, 9.17) is 0 Å². The third-order valence-electron chi connectivity index (χ3n) is 2.43. The standard InChI is InChI=1S/C11H11BrN2/c1-8-4-3-5-10(9(8)2)14-7-6-13-11(14)12/h3-7H,1-2H3. The van der Waals surface area contributed by atoms with Crippen molar-refractivity contribution in [2.75, 3.05) is 0 Å². The van der Waals surface area contributed by atoms with Crippen LogP contribution in [0.5, 0.6) is 0 Å². The quantitative estimate of drug-likeness (QED) is 0.760. The van der Waals surface area contributed by atoms with Crippen molar-refractivity contribution < 1.29 is 0 Å². The highest BCUT2D eigenvalue weighted by Gasteiger charge is 2.05. The highest BCUT2D eigenvalue weighted by Crippen LogP contribution is 2.20. The molecule has 0 unspecified atom stereocenters. The fourth-order valence-corrected chi connectivity index (χ4v) is 1.89. The van der Waals surface area contributed by atoms with E-state index in [1.807, 2.05) is 10.8 Å². The van der Waals surface area contributed by atoms with Crippen molar-refractivity contribution in [2.45, 2.75) is 13.8 Å². The lowest BCUT2D eigenvalue weighted by Gasteiger charge is -2.09. The van der Waals surface area contributed by atoms with E-state index < -0.39 is 0 Å². The second-order valence-electron chi connectivity index (χ2n) is 3.29. The van der Waals surface area contributed by atoms with Gasteiger partial charge in [0.2, 0.25) is 0 Å². The highest BCUT2D eigenvalue weighted by molar-refractivity contribution is 9.10. The normalized spacial score (nSPS) is 10.5. The molecule has 0 radical (unpaired) electrons. The van der Waals surface area contributed by atoms with Gasteiger partial charge < -0.3 is 0 Å². The van der Waals surface area contributed by atoms with Gasteiger partial charge in [0, 0.05) is 12.4 Å². The molecule has 1 aromatic carbocycles. The molecule has 2 aromatic rings. The Bertz CT molecular complexity index is 460. The van der Waals surface area contributed by atoms with E-state index in [0.717, 1.165) is 4.73 Å². The number of hydrogen-bond acceptors (Lipinski definition) is 1. The first kappa shape index (κ1) is 9.46. The van der Waals surface area contributed by atoms with Gasteiger partial charge >= 0.3 is 0 Å². The SMILES string of the molecule is Cc1cccc(-n2ccnc2Br)c1C. The summed E-state index contributed by atoms with van der Waals surface area (Å²) in [5, 5.41) is 0. The maximum Gasteiger partial charge on any atom is 0.181 e. The van der Waals surface area contributed by atoms with Crippen LogP contribution in [0.2, 0.25) is 0 Å². The molecule has 1 aromatic heterocycles. The molecule has 0 aliphatic rings. The summed E-state index contributed by atoms with van der Waals surface area (Å²) in [6, 6.07) is 6.27. The predicted octanol–water partition coefficient (Wildman–Crippen LogP) is 3.25. The number of halogens is 1. The molecular formula is C11H11BrN2. The number of aromatic nitrogens is 2. The van der Waals surface area contributed by atoms with E-state index in [0.29, 0.717) is 0 Å². The topological polar surface area (TPSA) is 17.8 Å². The molecule has 0 N–H and O–H groups in total. The monoisotopic (exact) mass is 250 g/mol. The minimum Gasteiger partial charge on any atom is -0.294 e. The second kappa shape index (κ2) is 3.58. The van der Waals surface area contributed by atoms with Gasteiger partial charge in [0.25, 0.3) is 0 Å². The maximum atomic E-state index is 4.14. The number of imidazole rings is 1. The summed E-state index contributed by atoms with van der Waals surface area (Å²) in [6.45, 7) is 4.24. The first-order valence-corrected chi connectivity index (χ1v) is 5.25. The lowest BCUT2D eigenvalue weighted by atomic mass is 10.1. The third kappa shape index (κ3) is 1.48. The van der Waals surface area contributed by atoms with Gasteiger partial charge in [0.1, 0.15) is 0 Å². The molecule has 14 heavy (non-hydrogen) atoms. The molecule has 3 heteroatoms. The zero-order valence-electron chi connectivity index (χ0n) is 8.16. The Morgan fingerprint density at radius 3 is 2.71 bits per heavy atom. The molecule has 0 aliphatic heterocycles. The Balaban J connectivity index is 2.63. The van der Waals surface area contributed by atoms with Crippen LogP contribution in [-0.2, 0) is 0 Å². The van der Waals surface area contributed by atoms with Crippen LogP contribution in [0.25, 0.3) is 5.69 Å². The predicted molar refractivity (Wildman–Crippen MR) is 60.7 cm³/mol. The summed E-state index contributed by atoms with van der Waals surface area (Å²) in [6.07, 6.45) is 3.73. The van der Waals surface area contributed by atoms with E-state index in [-0.39, 0.29) is 0 Å². The summed E-state index contributed by atoms with van der Waals surface area (Å²) >= 11 is 3.41. The number of hydrogen-bond donors (Lipinski definition) is 0. The maximum absolute atomic E-state index is 4.14. The number of rotatable bonds is 1. The van der Waals surface area contributed by atoms with Crippen molar-refractivity contribution in [3.63, 3.8) is 0 Å². The van der Waals surface area contributed by atoms with Gasteiger partial charge in [-0.05, 0) is 47.0 Å². The summed E-state index contributed by atoms with van der Waals surface area (Å²) in [4.78, 5) is 4.14. The molecule has 0 saturated carbocycles. The number of aryl methyl sites for hydroxylation is 1. The molecule has 0 saturated heterocycles. The molecule has 1 heterocycles. The van der Waals surface area contributed by atoms with Crippen LogP contribution in [0.1, 0.15) is 11.1 Å². The average molecular weight is 251 g/mol. The Kier molecular flexibility index (Phi) is 2.42. The zero-order chi connectivity index (χ0) is 10.1. The Hall–Kier alpha value is -1.09. The molecule has 0 bridgehead atoms. The molecule has 2 rings (SSSR count). The first-order chi connectivity index (χ1) is 6.70. The molecule has 0 amide bonds. The summed E-state index contributed by atoms with van der Waals surface area (Å²) < 4.78 is 2.87. The van der Waals surface area contributed by atoms with Crippen LogP contribution in [0.4, 0.5) is 0 Å². The van der Waals surface area contributed by atoms with Crippen molar-refractivity contribution in [3.05, 3.63) is 46.5 Å². The molecule has 2 nitrogen and oxygen atoms in total. The van der Waals surface area contributed by atoms with E-state index in [1.165, 1.54) is 16.8 Å². The summed E-state index contributed by atoms with van der Waals surface area (Å²) in [5.41, 5.74) is 3.75. The first-order valence-electron chi connectivity index (χ1n) is 4.45. The van der Waals surface area contributed by atoms with E-state index in [1.54, 1.807) is 6.20 Å². The molecule has 72 valence electrons. The van der Waals surface area contributed by atoms with Gasteiger partial charge in [0.15, 0.2) is 4.73 Å². The minimum atomic E-state index is 0.839. The van der Waals surface area contributed by atoms with E-state index in [9.17, 15) is 0 Å². The zero-order valence-corrected chi connectivity index (χ0v) is 9.75. The molecule has 0 aliphatic carbocycles. The molecular weight excluding hydrogens is 240 g/mol. The smallest absolute Gasteiger partial charge is 0.181 e. The van der Waals surface area contributed by atoms with Gasteiger partial charge in [-0.1, -0.05) is 12.1 Å². The Morgan fingerprint density at radius 1 is 1.29 bits per heavy atom. The van der Waals surface area contributed by atoms with Crippen molar-refractivity contribution in [3.8, 4) is 5.69 Å². The molecule has 0 fully saturated rings. The van der Waals surface area contributed by atoms with Crippen LogP contribution in [-0.4, -0.2) is 9.55 Å². The fraction of sp³-hybridized carbons (Fsp3) is 0.182. The van der Waals surface area contributed by atoms with Gasteiger partial charge in [-0.15, -0.1) is 0 Å². The van der Waals surface area contributed by atoms with Gasteiger partial charge in [-0.3, -0.25) is 4.57 Å². The Morgan fingerprint density at radius 2 is 2.07 bits per heavy atom. The number of nitrogens with zero attached hydrogens (tertiary/aromatic N) is 2. The van der Waals surface area contributed by atoms with Crippen LogP contribution >= 0.6 is 15.9 Å². The van der Waals surface area contributed by atoms with Gasteiger partial charge in [-0.2, -0.15) is 0 Å². The summed E-state index contributed by atoms with van der Waals surface area (Å²) in [5.74, 6) is 0. The van der Waals surface area contributed by atoms with Crippen LogP contribution in [0.3, 0.4) is 0 Å².